The highest BCUT2D eigenvalue weighted by atomic mass is 35.5. The van der Waals surface area contributed by atoms with Gasteiger partial charge in [-0.3, -0.25) is 4.79 Å². The average Bonchev–Trinajstić information content (AvgIpc) is 2.70. The van der Waals surface area contributed by atoms with Gasteiger partial charge in [0, 0.05) is 6.42 Å². The predicted octanol–water partition coefficient (Wildman–Crippen LogP) is 2.34. The summed E-state index contributed by atoms with van der Waals surface area (Å²) in [6.45, 7) is 2.65. The van der Waals surface area contributed by atoms with E-state index >= 15 is 0 Å². The van der Waals surface area contributed by atoms with Crippen molar-refractivity contribution in [2.24, 2.45) is 5.92 Å². The molecule has 20 heavy (non-hydrogen) atoms. The van der Waals surface area contributed by atoms with Gasteiger partial charge in [0.05, 0.1) is 37.4 Å². The molecule has 1 N–H and O–H groups in total. The summed E-state index contributed by atoms with van der Waals surface area (Å²) >= 11 is 6.15. The van der Waals surface area contributed by atoms with Crippen LogP contribution >= 0.6 is 11.6 Å². The fourth-order valence-electron chi connectivity index (χ4n) is 2.02. The number of halogens is 1. The molecule has 2 rings (SSSR count). The fraction of sp³-hybridized carbons (Fsp3) is 0.500. The Kier molecular flexibility index (Phi) is 4.73. The van der Waals surface area contributed by atoms with Crippen molar-refractivity contribution in [3.05, 3.63) is 22.7 Å². The summed E-state index contributed by atoms with van der Waals surface area (Å²) < 4.78 is 15.7. The van der Waals surface area contributed by atoms with E-state index in [0.29, 0.717) is 35.3 Å². The van der Waals surface area contributed by atoms with E-state index < -0.39 is 18.0 Å². The van der Waals surface area contributed by atoms with E-state index in [1.807, 2.05) is 0 Å². The van der Waals surface area contributed by atoms with E-state index in [2.05, 4.69) is 4.74 Å². The summed E-state index contributed by atoms with van der Waals surface area (Å²) in [6, 6.07) is 3.23. The Hall–Kier alpha value is -1.46. The van der Waals surface area contributed by atoms with Gasteiger partial charge < -0.3 is 19.3 Å². The van der Waals surface area contributed by atoms with Crippen molar-refractivity contribution in [1.82, 2.24) is 0 Å². The van der Waals surface area contributed by atoms with Crippen molar-refractivity contribution >= 4 is 17.6 Å². The molecule has 6 heteroatoms. The van der Waals surface area contributed by atoms with E-state index in [9.17, 15) is 9.90 Å². The summed E-state index contributed by atoms with van der Waals surface area (Å²) in [7, 11) is 1.28. The largest absolute Gasteiger partial charge is 0.489 e. The maximum Gasteiger partial charge on any atom is 0.311 e. The quantitative estimate of drug-likeness (QED) is 0.868. The van der Waals surface area contributed by atoms with Crippen molar-refractivity contribution in [3.8, 4) is 11.5 Å². The summed E-state index contributed by atoms with van der Waals surface area (Å²) in [5.74, 6) is -0.214. The second-order valence-corrected chi connectivity index (χ2v) is 5.04. The van der Waals surface area contributed by atoms with Gasteiger partial charge in [-0.2, -0.15) is 0 Å². The molecule has 0 amide bonds. The Morgan fingerprint density at radius 1 is 1.40 bits per heavy atom. The van der Waals surface area contributed by atoms with Crippen molar-refractivity contribution in [1.29, 1.82) is 0 Å². The van der Waals surface area contributed by atoms with Crippen LogP contribution in [0.2, 0.25) is 5.02 Å². The summed E-state index contributed by atoms with van der Waals surface area (Å²) in [5.41, 5.74) is 0.497. The number of carbonyl (C=O) groups is 1. The third-order valence-corrected chi connectivity index (χ3v) is 3.49. The summed E-state index contributed by atoms with van der Waals surface area (Å²) in [5, 5.41) is 10.6. The van der Waals surface area contributed by atoms with Gasteiger partial charge in [-0.25, -0.2) is 0 Å². The molecule has 0 aromatic heterocycles. The number of aliphatic hydroxyl groups is 1. The third-order valence-electron chi connectivity index (χ3n) is 3.21. The molecule has 5 nitrogen and oxygen atoms in total. The number of ether oxygens (including phenoxy) is 3. The topological polar surface area (TPSA) is 65.0 Å². The lowest BCUT2D eigenvalue weighted by atomic mass is 9.97. The lowest BCUT2D eigenvalue weighted by molar-refractivity contribution is -0.148. The van der Waals surface area contributed by atoms with Crippen LogP contribution in [0.25, 0.3) is 0 Å². The predicted molar refractivity (Wildman–Crippen MR) is 73.2 cm³/mol. The first-order valence-corrected chi connectivity index (χ1v) is 6.77. The maximum atomic E-state index is 11.5. The number of fused-ring (bicyclic) bond motifs is 1. The average molecular weight is 301 g/mol. The lowest BCUT2D eigenvalue weighted by Gasteiger charge is -2.19. The van der Waals surface area contributed by atoms with Crippen LogP contribution in [-0.4, -0.2) is 31.4 Å². The van der Waals surface area contributed by atoms with Crippen LogP contribution < -0.4 is 9.47 Å². The minimum Gasteiger partial charge on any atom is -0.489 e. The Morgan fingerprint density at radius 3 is 2.80 bits per heavy atom. The number of rotatable bonds is 3. The van der Waals surface area contributed by atoms with Gasteiger partial charge in [-0.15, -0.1) is 0 Å². The van der Waals surface area contributed by atoms with Crippen molar-refractivity contribution < 1.29 is 24.1 Å². The highest BCUT2D eigenvalue weighted by molar-refractivity contribution is 6.32. The van der Waals surface area contributed by atoms with E-state index in [1.165, 1.54) is 7.11 Å². The number of methoxy groups -OCH3 is 1. The van der Waals surface area contributed by atoms with Crippen LogP contribution in [0.5, 0.6) is 11.5 Å². The molecule has 0 radical (unpaired) electrons. The molecule has 0 bridgehead atoms. The Balaban J connectivity index is 2.31. The highest BCUT2D eigenvalue weighted by Gasteiger charge is 2.26. The molecule has 1 aromatic rings. The zero-order valence-corrected chi connectivity index (χ0v) is 12.1. The molecular weight excluding hydrogens is 284 g/mol. The maximum absolute atomic E-state index is 11.5. The summed E-state index contributed by atoms with van der Waals surface area (Å²) in [6.07, 6.45) is -0.251. The Bertz CT molecular complexity index is 503. The third kappa shape index (κ3) is 2.99. The van der Waals surface area contributed by atoms with Crippen molar-refractivity contribution in [2.45, 2.75) is 19.4 Å². The van der Waals surface area contributed by atoms with Crippen LogP contribution in [0.15, 0.2) is 12.1 Å². The van der Waals surface area contributed by atoms with Gasteiger partial charge >= 0.3 is 5.97 Å². The van der Waals surface area contributed by atoms with Crippen LogP contribution in [0.3, 0.4) is 0 Å². The van der Waals surface area contributed by atoms with E-state index in [0.717, 1.165) is 6.42 Å². The van der Waals surface area contributed by atoms with Crippen molar-refractivity contribution in [2.75, 3.05) is 20.3 Å². The molecule has 2 atom stereocenters. The molecular formula is C14H17ClO5. The minimum absolute atomic E-state index is 0.357. The molecule has 0 spiro atoms. The number of hydrogen-bond acceptors (Lipinski definition) is 5. The second-order valence-electron chi connectivity index (χ2n) is 4.64. The second kappa shape index (κ2) is 6.33. The van der Waals surface area contributed by atoms with Crippen LogP contribution in [0, 0.1) is 5.92 Å². The molecule has 110 valence electrons. The summed E-state index contributed by atoms with van der Waals surface area (Å²) in [4.78, 5) is 11.5. The molecule has 0 saturated carbocycles. The van der Waals surface area contributed by atoms with E-state index in [1.54, 1.807) is 19.1 Å². The first kappa shape index (κ1) is 14.9. The van der Waals surface area contributed by atoms with Crippen molar-refractivity contribution in [3.63, 3.8) is 0 Å². The van der Waals surface area contributed by atoms with Gasteiger partial charge in [0.1, 0.15) is 0 Å². The van der Waals surface area contributed by atoms with Gasteiger partial charge in [0.25, 0.3) is 0 Å². The van der Waals surface area contributed by atoms with Gasteiger partial charge in [-0.05, 0) is 24.6 Å². The SMILES string of the molecule is COC(=O)C(C)C(O)c1cc(Cl)c2c(c1)OCCCO2. The molecule has 1 aliphatic rings. The smallest absolute Gasteiger partial charge is 0.311 e. The molecule has 1 aromatic carbocycles. The molecule has 2 unspecified atom stereocenters. The molecule has 1 aliphatic heterocycles. The molecule has 1 heterocycles. The number of carbonyl (C=O) groups excluding carboxylic acids is 1. The van der Waals surface area contributed by atoms with E-state index in [-0.39, 0.29) is 0 Å². The van der Waals surface area contributed by atoms with Gasteiger partial charge in [0.2, 0.25) is 0 Å². The number of hydrogen-bond donors (Lipinski definition) is 1. The van der Waals surface area contributed by atoms with E-state index in [4.69, 9.17) is 21.1 Å². The first-order valence-electron chi connectivity index (χ1n) is 6.39. The standard InChI is InChI=1S/C14H17ClO5/c1-8(14(17)18-2)12(16)9-6-10(15)13-11(7-9)19-4-3-5-20-13/h6-8,12,16H,3-5H2,1-2H3. The Labute approximate surface area is 122 Å². The molecule has 0 saturated heterocycles. The number of benzene rings is 1. The molecule has 0 aliphatic carbocycles. The zero-order valence-electron chi connectivity index (χ0n) is 11.4. The van der Waals surface area contributed by atoms with Gasteiger partial charge in [-0.1, -0.05) is 11.6 Å². The highest BCUT2D eigenvalue weighted by Crippen LogP contribution is 2.40. The number of esters is 1. The lowest BCUT2D eigenvalue weighted by Crippen LogP contribution is -2.20. The minimum atomic E-state index is -1.02. The monoisotopic (exact) mass is 300 g/mol. The van der Waals surface area contributed by atoms with Crippen LogP contribution in [0.4, 0.5) is 0 Å². The zero-order chi connectivity index (χ0) is 14.7. The Morgan fingerprint density at radius 2 is 2.10 bits per heavy atom. The molecule has 0 fully saturated rings. The van der Waals surface area contributed by atoms with Crippen LogP contribution in [-0.2, 0) is 9.53 Å². The first-order chi connectivity index (χ1) is 9.54. The normalized spacial score (nSPS) is 17.0. The fourth-order valence-corrected chi connectivity index (χ4v) is 2.30. The number of aliphatic hydroxyl groups excluding tert-OH is 1. The van der Waals surface area contributed by atoms with Crippen LogP contribution in [0.1, 0.15) is 25.0 Å². The van der Waals surface area contributed by atoms with Gasteiger partial charge in [0.15, 0.2) is 11.5 Å².